The summed E-state index contributed by atoms with van der Waals surface area (Å²) >= 11 is 0. The zero-order valence-corrected chi connectivity index (χ0v) is 17.6. The minimum Gasteiger partial charge on any atom is -0.345 e. The number of carbonyl (C=O) groups excluding carboxylic acids is 6. The molecule has 0 radical (unpaired) electrons. The first-order valence-corrected chi connectivity index (χ1v) is 10.1. The van der Waals surface area contributed by atoms with Crippen LogP contribution in [0.2, 0.25) is 0 Å². The summed E-state index contributed by atoms with van der Waals surface area (Å²) in [5.74, 6) is -3.19. The number of piperazine rings is 1. The van der Waals surface area contributed by atoms with Crippen LogP contribution < -0.4 is 21.3 Å². The molecular formula is C20H24N6O6. The number of urea groups is 1. The smallest absolute Gasteiger partial charge is 0.325 e. The highest BCUT2D eigenvalue weighted by Gasteiger charge is 2.55. The van der Waals surface area contributed by atoms with E-state index >= 15 is 0 Å². The van der Waals surface area contributed by atoms with E-state index in [1.807, 2.05) is 0 Å². The van der Waals surface area contributed by atoms with Crippen LogP contribution in [0.5, 0.6) is 0 Å². The number of hydrogen-bond donors (Lipinski definition) is 4. The number of nitrogens with one attached hydrogen (secondary N) is 4. The lowest BCUT2D eigenvalue weighted by Crippen LogP contribution is -2.84. The van der Waals surface area contributed by atoms with Crippen molar-refractivity contribution < 1.29 is 28.8 Å². The molecule has 2 aliphatic rings. The summed E-state index contributed by atoms with van der Waals surface area (Å²) in [4.78, 5) is 75.7. The highest BCUT2D eigenvalue weighted by molar-refractivity contribution is 6.38. The van der Waals surface area contributed by atoms with Gasteiger partial charge in [-0.15, -0.1) is 0 Å². The minimum absolute atomic E-state index is 0.0244. The third kappa shape index (κ3) is 3.98. The van der Waals surface area contributed by atoms with Gasteiger partial charge in [0.15, 0.2) is 0 Å². The molecule has 0 aliphatic carbocycles. The third-order valence-corrected chi connectivity index (χ3v) is 5.56. The van der Waals surface area contributed by atoms with Gasteiger partial charge in [-0.2, -0.15) is 0 Å². The van der Waals surface area contributed by atoms with Gasteiger partial charge in [0, 0.05) is 19.6 Å². The molecule has 12 nitrogen and oxygen atoms in total. The summed E-state index contributed by atoms with van der Waals surface area (Å²) in [5.41, 5.74) is -1.30. The van der Waals surface area contributed by atoms with Gasteiger partial charge in [-0.25, -0.2) is 4.79 Å². The average Bonchev–Trinajstić information content (AvgIpc) is 2.79. The van der Waals surface area contributed by atoms with Crippen molar-refractivity contribution in [1.29, 1.82) is 0 Å². The first-order valence-electron chi connectivity index (χ1n) is 10.1. The van der Waals surface area contributed by atoms with Crippen LogP contribution >= 0.6 is 0 Å². The molecular weight excluding hydrogens is 420 g/mol. The average molecular weight is 444 g/mol. The number of amides is 7. The molecule has 4 N–H and O–H groups in total. The molecule has 170 valence electrons. The number of rotatable bonds is 7. The van der Waals surface area contributed by atoms with E-state index < -0.39 is 47.4 Å². The maximum atomic E-state index is 13.1. The Labute approximate surface area is 183 Å². The zero-order valence-electron chi connectivity index (χ0n) is 17.6. The van der Waals surface area contributed by atoms with Crippen LogP contribution in [0.1, 0.15) is 25.5 Å². The Hall–Kier alpha value is -3.96. The van der Waals surface area contributed by atoms with Crippen molar-refractivity contribution in [3.05, 3.63) is 35.9 Å². The topological polar surface area (TPSA) is 157 Å². The molecule has 2 fully saturated rings. The molecule has 7 amide bonds. The number of β-lactam (4-membered cyclic amide) rings is 1. The van der Waals surface area contributed by atoms with E-state index in [0.717, 1.165) is 4.90 Å². The number of likely N-dealkylation sites (N-methyl/N-ethyl adjacent to an activating group) is 1. The third-order valence-electron chi connectivity index (χ3n) is 5.56. The van der Waals surface area contributed by atoms with Crippen molar-refractivity contribution in [3.63, 3.8) is 0 Å². The van der Waals surface area contributed by atoms with E-state index in [0.29, 0.717) is 18.5 Å². The molecule has 2 aliphatic heterocycles. The highest BCUT2D eigenvalue weighted by atomic mass is 16.2. The second kappa shape index (κ2) is 9.04. The predicted octanol–water partition coefficient (Wildman–Crippen LogP) is -1.80. The Morgan fingerprint density at radius 2 is 1.88 bits per heavy atom. The molecule has 32 heavy (non-hydrogen) atoms. The summed E-state index contributed by atoms with van der Waals surface area (Å²) in [6.45, 7) is 3.80. The molecule has 2 heterocycles. The van der Waals surface area contributed by atoms with Crippen LogP contribution in [-0.2, 0) is 24.0 Å². The Kier molecular flexibility index (Phi) is 6.42. The Morgan fingerprint density at radius 3 is 2.44 bits per heavy atom. The normalized spacial score (nSPS) is 23.6. The molecule has 1 aromatic carbocycles. The number of hydrogen-bond acceptors (Lipinski definition) is 6. The molecule has 12 heteroatoms. The van der Waals surface area contributed by atoms with Gasteiger partial charge in [0.1, 0.15) is 6.04 Å². The van der Waals surface area contributed by atoms with Crippen LogP contribution in [0.4, 0.5) is 4.79 Å². The largest absolute Gasteiger partial charge is 0.345 e. The molecule has 3 unspecified atom stereocenters. The number of nitrogens with zero attached hydrogens (tertiary/aromatic N) is 2. The lowest BCUT2D eigenvalue weighted by Gasteiger charge is -2.46. The maximum Gasteiger partial charge on any atom is 0.325 e. The molecule has 0 bridgehead atoms. The molecule has 3 atom stereocenters. The summed E-state index contributed by atoms with van der Waals surface area (Å²) in [7, 11) is 0. The quantitative estimate of drug-likeness (QED) is 0.168. The zero-order chi connectivity index (χ0) is 23.5. The predicted molar refractivity (Wildman–Crippen MR) is 109 cm³/mol. The first kappa shape index (κ1) is 22.7. The number of benzene rings is 1. The van der Waals surface area contributed by atoms with Crippen LogP contribution in [-0.4, -0.2) is 77.2 Å². The number of imide groups is 1. The fraction of sp³-hybridized carbons (Fsp3) is 0.400. The summed E-state index contributed by atoms with van der Waals surface area (Å²) in [6, 6.07) is 5.34. The van der Waals surface area contributed by atoms with Crippen molar-refractivity contribution >= 4 is 36.1 Å². The monoisotopic (exact) mass is 444 g/mol. The van der Waals surface area contributed by atoms with Gasteiger partial charge >= 0.3 is 17.8 Å². The summed E-state index contributed by atoms with van der Waals surface area (Å²) in [6.07, 6.45) is 0.295. The molecule has 0 aromatic heterocycles. The molecule has 3 rings (SSSR count). The van der Waals surface area contributed by atoms with E-state index in [-0.39, 0.29) is 13.1 Å². The summed E-state index contributed by atoms with van der Waals surface area (Å²) < 4.78 is 0. The van der Waals surface area contributed by atoms with E-state index in [2.05, 4.69) is 21.3 Å². The molecule has 1 aromatic rings. The van der Waals surface area contributed by atoms with Crippen molar-refractivity contribution in [2.24, 2.45) is 0 Å². The van der Waals surface area contributed by atoms with Gasteiger partial charge in [0.25, 0.3) is 5.91 Å². The summed E-state index contributed by atoms with van der Waals surface area (Å²) in [5, 5.41) is 9.79. The van der Waals surface area contributed by atoms with Crippen LogP contribution in [0.3, 0.4) is 0 Å². The van der Waals surface area contributed by atoms with Crippen molar-refractivity contribution in [3.8, 4) is 0 Å². The molecule has 0 saturated carbocycles. The van der Waals surface area contributed by atoms with Crippen LogP contribution in [0, 0.1) is 0 Å². The maximum absolute atomic E-state index is 13.1. The van der Waals surface area contributed by atoms with Gasteiger partial charge in [0.05, 0.1) is 6.04 Å². The standard InChI is InChI=1S/C20H24N6O6/c1-3-25-9-10-26(17(30)16(25)29)19(32)23-14(13-7-5-4-6-8-13)15(28)24-20(21-11-27)12(2)22-18(20)31/h4-8,11-12,14H,3,9-10H2,1-2H3,(H,21,27)(H,22,31)(H,23,32)(H,24,28). The minimum atomic E-state index is -1.67. The van der Waals surface area contributed by atoms with Gasteiger partial charge in [-0.05, 0) is 19.4 Å². The SMILES string of the molecule is CCN1CCN(C(=O)NC(C(=O)NC2(NC=O)C(=O)NC2C)c2ccccc2)C(=O)C1=O. The Morgan fingerprint density at radius 1 is 1.19 bits per heavy atom. The van der Waals surface area contributed by atoms with Crippen LogP contribution in [0.25, 0.3) is 0 Å². The van der Waals surface area contributed by atoms with E-state index in [4.69, 9.17) is 0 Å². The van der Waals surface area contributed by atoms with Gasteiger partial charge in [-0.1, -0.05) is 30.3 Å². The first-order chi connectivity index (χ1) is 15.2. The second-order valence-corrected chi connectivity index (χ2v) is 7.39. The van der Waals surface area contributed by atoms with E-state index in [9.17, 15) is 28.8 Å². The van der Waals surface area contributed by atoms with Crippen LogP contribution in [0.15, 0.2) is 30.3 Å². The fourth-order valence-corrected chi connectivity index (χ4v) is 3.61. The fourth-order valence-electron chi connectivity index (χ4n) is 3.61. The Balaban J connectivity index is 1.83. The molecule has 0 spiro atoms. The van der Waals surface area contributed by atoms with Gasteiger partial charge in [-0.3, -0.25) is 28.9 Å². The van der Waals surface area contributed by atoms with Crippen molar-refractivity contribution in [2.75, 3.05) is 19.6 Å². The van der Waals surface area contributed by atoms with Crippen molar-refractivity contribution in [1.82, 2.24) is 31.1 Å². The van der Waals surface area contributed by atoms with E-state index in [1.165, 1.54) is 4.90 Å². The lowest BCUT2D eigenvalue weighted by atomic mass is 9.91. The molecule has 2 saturated heterocycles. The Bertz CT molecular complexity index is 953. The van der Waals surface area contributed by atoms with E-state index in [1.54, 1.807) is 44.2 Å². The highest BCUT2D eigenvalue weighted by Crippen LogP contribution is 2.21. The lowest BCUT2D eigenvalue weighted by molar-refractivity contribution is -0.153. The van der Waals surface area contributed by atoms with Gasteiger partial charge in [0.2, 0.25) is 18.0 Å². The second-order valence-electron chi connectivity index (χ2n) is 7.39. The van der Waals surface area contributed by atoms with Crippen molar-refractivity contribution in [2.45, 2.75) is 31.6 Å². The van der Waals surface area contributed by atoms with Gasteiger partial charge < -0.3 is 26.2 Å². The number of carbonyl (C=O) groups is 6.